The Bertz CT molecular complexity index is 716. The molecule has 1 aromatic rings. The van der Waals surface area contributed by atoms with Gasteiger partial charge in [-0.25, -0.2) is 0 Å². The highest BCUT2D eigenvalue weighted by Gasteiger charge is 2.49. The fourth-order valence-corrected chi connectivity index (χ4v) is 5.02. The first kappa shape index (κ1) is 19.4. The molecule has 0 radical (unpaired) electrons. The monoisotopic (exact) mass is 381 g/mol. The number of nitrogens with zero attached hydrogens (tertiary/aromatic N) is 3. The Kier molecular flexibility index (Phi) is 5.68. The highest BCUT2D eigenvalue weighted by molar-refractivity contribution is 5.77. The molecule has 1 aromatic carbocycles. The van der Waals surface area contributed by atoms with Crippen LogP contribution in [0.4, 0.5) is 0 Å². The Hall–Kier alpha value is -1.94. The van der Waals surface area contributed by atoms with Crippen LogP contribution in [-0.4, -0.2) is 73.1 Å². The number of amides is 1. The third-order valence-electron chi connectivity index (χ3n) is 6.72. The summed E-state index contributed by atoms with van der Waals surface area (Å²) in [7, 11) is 1.67. The first-order valence-corrected chi connectivity index (χ1v) is 10.5. The summed E-state index contributed by atoms with van der Waals surface area (Å²) in [5.41, 5.74) is 1.40. The van der Waals surface area contributed by atoms with Crippen molar-refractivity contribution in [1.82, 2.24) is 20.4 Å². The van der Waals surface area contributed by atoms with E-state index >= 15 is 0 Å². The number of likely N-dealkylation sites (tertiary alicyclic amines) is 2. The molecule has 0 spiro atoms. The number of hydrogen-bond donors (Lipinski definition) is 2. The van der Waals surface area contributed by atoms with Gasteiger partial charge in [0.1, 0.15) is 0 Å². The standard InChI is InChI=1S/C22H31N5O/c1-24-21(28)14-26-15-22(16-26,9-10-23)27-11-7-18(8-12-27)25-20-13-19(20)17-5-3-2-4-6-17/h2-6,18-20,25H,7-9,11-16H2,1H3,(H,24,28)/t19?,20-/m1/s1. The van der Waals surface area contributed by atoms with Crippen molar-refractivity contribution in [1.29, 1.82) is 5.26 Å². The average Bonchev–Trinajstić information content (AvgIpc) is 3.46. The zero-order valence-corrected chi connectivity index (χ0v) is 16.7. The molecule has 28 heavy (non-hydrogen) atoms. The number of hydrogen-bond acceptors (Lipinski definition) is 5. The highest BCUT2D eigenvalue weighted by Crippen LogP contribution is 2.41. The normalized spacial score (nSPS) is 27.6. The summed E-state index contributed by atoms with van der Waals surface area (Å²) in [6.07, 6.45) is 4.08. The van der Waals surface area contributed by atoms with Crippen molar-refractivity contribution < 1.29 is 4.79 Å². The van der Waals surface area contributed by atoms with Crippen LogP contribution in [0.25, 0.3) is 0 Å². The van der Waals surface area contributed by atoms with Gasteiger partial charge in [-0.2, -0.15) is 5.26 Å². The zero-order chi connectivity index (χ0) is 19.6. The van der Waals surface area contributed by atoms with E-state index in [0.29, 0.717) is 31.0 Å². The molecule has 2 N–H and O–H groups in total. The molecule has 150 valence electrons. The highest BCUT2D eigenvalue weighted by atomic mass is 16.1. The summed E-state index contributed by atoms with van der Waals surface area (Å²) >= 11 is 0. The fourth-order valence-electron chi connectivity index (χ4n) is 5.02. The average molecular weight is 382 g/mol. The molecule has 1 aliphatic carbocycles. The summed E-state index contributed by atoms with van der Waals surface area (Å²) in [5, 5.41) is 15.9. The second-order valence-corrected chi connectivity index (χ2v) is 8.66. The molecule has 6 heteroatoms. The van der Waals surface area contributed by atoms with Crippen LogP contribution in [0.2, 0.25) is 0 Å². The van der Waals surface area contributed by atoms with E-state index in [1.165, 1.54) is 12.0 Å². The van der Waals surface area contributed by atoms with Crippen molar-refractivity contribution in [2.45, 2.75) is 49.2 Å². The lowest BCUT2D eigenvalue weighted by atomic mass is 9.82. The molecule has 2 saturated heterocycles. The number of carbonyl (C=O) groups excluding carboxylic acids is 1. The van der Waals surface area contributed by atoms with Crippen molar-refractivity contribution in [3.05, 3.63) is 35.9 Å². The molecule has 2 heterocycles. The molecule has 1 amide bonds. The summed E-state index contributed by atoms with van der Waals surface area (Å²) in [4.78, 5) is 16.3. The van der Waals surface area contributed by atoms with E-state index in [-0.39, 0.29) is 11.4 Å². The first-order chi connectivity index (χ1) is 13.6. The molecule has 3 fully saturated rings. The maximum Gasteiger partial charge on any atom is 0.233 e. The van der Waals surface area contributed by atoms with Gasteiger partial charge in [-0.3, -0.25) is 14.6 Å². The number of nitrogens with one attached hydrogen (secondary N) is 2. The molecule has 1 saturated carbocycles. The van der Waals surface area contributed by atoms with Gasteiger partial charge in [-0.05, 0) is 24.8 Å². The number of carbonyl (C=O) groups is 1. The Balaban J connectivity index is 1.24. The molecule has 4 rings (SSSR count). The minimum atomic E-state index is -0.0557. The molecule has 1 unspecified atom stereocenters. The van der Waals surface area contributed by atoms with Crippen molar-refractivity contribution in [2.75, 3.05) is 39.8 Å². The zero-order valence-electron chi connectivity index (χ0n) is 16.7. The van der Waals surface area contributed by atoms with E-state index in [1.807, 2.05) is 0 Å². The minimum absolute atomic E-state index is 0.0471. The van der Waals surface area contributed by atoms with Crippen LogP contribution in [0, 0.1) is 11.3 Å². The summed E-state index contributed by atoms with van der Waals surface area (Å²) in [5.74, 6) is 0.722. The third kappa shape index (κ3) is 4.07. The van der Waals surface area contributed by atoms with Crippen molar-refractivity contribution in [3.8, 4) is 6.07 Å². The van der Waals surface area contributed by atoms with Gasteiger partial charge in [0.05, 0.1) is 24.6 Å². The van der Waals surface area contributed by atoms with Gasteiger partial charge in [0.25, 0.3) is 0 Å². The second kappa shape index (κ2) is 8.20. The smallest absolute Gasteiger partial charge is 0.233 e. The lowest BCUT2D eigenvalue weighted by molar-refractivity contribution is -0.127. The molecular weight excluding hydrogens is 350 g/mol. The number of benzene rings is 1. The number of piperidine rings is 1. The van der Waals surface area contributed by atoms with Crippen LogP contribution >= 0.6 is 0 Å². The van der Waals surface area contributed by atoms with Crippen LogP contribution in [0.1, 0.15) is 37.2 Å². The largest absolute Gasteiger partial charge is 0.358 e. The van der Waals surface area contributed by atoms with E-state index in [9.17, 15) is 10.1 Å². The summed E-state index contributed by atoms with van der Waals surface area (Å²) in [6.45, 7) is 4.16. The van der Waals surface area contributed by atoms with E-state index in [0.717, 1.165) is 39.0 Å². The molecule has 2 aliphatic heterocycles. The van der Waals surface area contributed by atoms with Gasteiger partial charge in [-0.15, -0.1) is 0 Å². The Labute approximate surface area is 167 Å². The Morgan fingerprint density at radius 3 is 2.61 bits per heavy atom. The number of likely N-dealkylation sites (N-methyl/N-ethyl adjacent to an activating group) is 1. The van der Waals surface area contributed by atoms with Crippen LogP contribution in [0.15, 0.2) is 30.3 Å². The predicted molar refractivity (Wildman–Crippen MR) is 109 cm³/mol. The SMILES string of the molecule is CNC(=O)CN1CC(CC#N)(N2CCC(N[C@@H]3CC3c3ccccc3)CC2)C1. The Morgan fingerprint density at radius 1 is 1.25 bits per heavy atom. The number of nitriles is 1. The topological polar surface area (TPSA) is 71.4 Å². The van der Waals surface area contributed by atoms with E-state index in [1.54, 1.807) is 7.05 Å². The summed E-state index contributed by atoms with van der Waals surface area (Å²) < 4.78 is 0. The van der Waals surface area contributed by atoms with Crippen LogP contribution in [-0.2, 0) is 4.79 Å². The summed E-state index contributed by atoms with van der Waals surface area (Å²) in [6, 6.07) is 14.4. The van der Waals surface area contributed by atoms with Crippen molar-refractivity contribution in [2.24, 2.45) is 0 Å². The van der Waals surface area contributed by atoms with Gasteiger partial charge in [0.15, 0.2) is 0 Å². The van der Waals surface area contributed by atoms with Gasteiger partial charge < -0.3 is 10.6 Å². The van der Waals surface area contributed by atoms with E-state index in [4.69, 9.17) is 0 Å². The molecule has 2 atom stereocenters. The fraction of sp³-hybridized carbons (Fsp3) is 0.636. The molecular formula is C22H31N5O. The van der Waals surface area contributed by atoms with Crippen LogP contribution < -0.4 is 10.6 Å². The van der Waals surface area contributed by atoms with E-state index < -0.39 is 0 Å². The molecule has 6 nitrogen and oxygen atoms in total. The van der Waals surface area contributed by atoms with Gasteiger partial charge in [-0.1, -0.05) is 30.3 Å². The minimum Gasteiger partial charge on any atom is -0.358 e. The molecule has 0 aromatic heterocycles. The lowest BCUT2D eigenvalue weighted by Crippen LogP contribution is -2.72. The Morgan fingerprint density at radius 2 is 1.96 bits per heavy atom. The second-order valence-electron chi connectivity index (χ2n) is 8.66. The lowest BCUT2D eigenvalue weighted by Gasteiger charge is -2.56. The first-order valence-electron chi connectivity index (χ1n) is 10.5. The molecule has 0 bridgehead atoms. The predicted octanol–water partition coefficient (Wildman–Crippen LogP) is 1.31. The molecule has 3 aliphatic rings. The van der Waals surface area contributed by atoms with Crippen LogP contribution in [0.5, 0.6) is 0 Å². The maximum absolute atomic E-state index is 11.6. The van der Waals surface area contributed by atoms with Crippen molar-refractivity contribution >= 4 is 5.91 Å². The van der Waals surface area contributed by atoms with Gasteiger partial charge >= 0.3 is 0 Å². The van der Waals surface area contributed by atoms with Gasteiger partial charge in [0, 0.05) is 51.2 Å². The number of rotatable bonds is 7. The maximum atomic E-state index is 11.6. The van der Waals surface area contributed by atoms with Gasteiger partial charge in [0.2, 0.25) is 5.91 Å². The quantitative estimate of drug-likeness (QED) is 0.745. The third-order valence-corrected chi connectivity index (χ3v) is 6.72. The van der Waals surface area contributed by atoms with E-state index in [2.05, 4.69) is 56.8 Å². The van der Waals surface area contributed by atoms with Crippen LogP contribution in [0.3, 0.4) is 0 Å². The van der Waals surface area contributed by atoms with Crippen molar-refractivity contribution in [3.63, 3.8) is 0 Å².